The topological polar surface area (TPSA) is 80.3 Å². The van der Waals surface area contributed by atoms with Crippen molar-refractivity contribution in [1.29, 1.82) is 0 Å². The van der Waals surface area contributed by atoms with Gasteiger partial charge in [0.25, 0.3) is 5.91 Å². The SMILES string of the molecule is COc1ccc(NC(C)=O)cc1NC(=O)c1ccc(-c2ccccc2)nc1C. The molecule has 2 N–H and O–H groups in total. The van der Waals surface area contributed by atoms with Gasteiger partial charge in [0, 0.05) is 18.2 Å². The Morgan fingerprint density at radius 3 is 2.36 bits per heavy atom. The minimum Gasteiger partial charge on any atom is -0.495 e. The summed E-state index contributed by atoms with van der Waals surface area (Å²) in [5.74, 6) is -0.00385. The minimum atomic E-state index is -0.303. The molecule has 2 aromatic carbocycles. The number of aryl methyl sites for hydroxylation is 1. The van der Waals surface area contributed by atoms with Gasteiger partial charge in [-0.3, -0.25) is 14.6 Å². The van der Waals surface area contributed by atoms with Gasteiger partial charge in [-0.1, -0.05) is 30.3 Å². The molecule has 1 heterocycles. The van der Waals surface area contributed by atoms with Crippen LogP contribution in [0.2, 0.25) is 0 Å². The quantitative estimate of drug-likeness (QED) is 0.698. The third-order valence-electron chi connectivity index (χ3n) is 4.17. The van der Waals surface area contributed by atoms with Crippen molar-refractivity contribution in [2.75, 3.05) is 17.7 Å². The zero-order valence-electron chi connectivity index (χ0n) is 15.9. The van der Waals surface area contributed by atoms with Crippen LogP contribution >= 0.6 is 0 Å². The molecule has 6 heteroatoms. The summed E-state index contributed by atoms with van der Waals surface area (Å²) < 4.78 is 5.31. The van der Waals surface area contributed by atoms with Gasteiger partial charge in [-0.25, -0.2) is 0 Å². The normalized spacial score (nSPS) is 10.2. The smallest absolute Gasteiger partial charge is 0.257 e. The lowest BCUT2D eigenvalue weighted by molar-refractivity contribution is -0.114. The van der Waals surface area contributed by atoms with E-state index in [0.29, 0.717) is 28.4 Å². The van der Waals surface area contributed by atoms with Crippen molar-refractivity contribution in [1.82, 2.24) is 4.98 Å². The van der Waals surface area contributed by atoms with Gasteiger partial charge in [-0.05, 0) is 37.3 Å². The molecule has 1 aromatic heterocycles. The third-order valence-corrected chi connectivity index (χ3v) is 4.17. The van der Waals surface area contributed by atoms with Gasteiger partial charge in [0.15, 0.2) is 0 Å². The molecule has 0 aliphatic heterocycles. The maximum absolute atomic E-state index is 12.8. The monoisotopic (exact) mass is 375 g/mol. The van der Waals surface area contributed by atoms with E-state index in [0.717, 1.165) is 11.3 Å². The average Bonchev–Trinajstić information content (AvgIpc) is 2.68. The Morgan fingerprint density at radius 1 is 0.964 bits per heavy atom. The molecule has 3 aromatic rings. The second kappa shape index (κ2) is 8.35. The van der Waals surface area contributed by atoms with Gasteiger partial charge in [0.2, 0.25) is 5.91 Å². The number of amides is 2. The second-order valence-corrected chi connectivity index (χ2v) is 6.25. The molecular formula is C22H21N3O3. The number of hydrogen-bond acceptors (Lipinski definition) is 4. The van der Waals surface area contributed by atoms with E-state index < -0.39 is 0 Å². The molecule has 0 bridgehead atoms. The number of ether oxygens (including phenoxy) is 1. The molecule has 28 heavy (non-hydrogen) atoms. The Hall–Kier alpha value is -3.67. The minimum absolute atomic E-state index is 0.195. The maximum Gasteiger partial charge on any atom is 0.257 e. The first kappa shape index (κ1) is 19.1. The van der Waals surface area contributed by atoms with Gasteiger partial charge in [0.1, 0.15) is 5.75 Å². The number of aromatic nitrogens is 1. The molecule has 0 atom stereocenters. The summed E-state index contributed by atoms with van der Waals surface area (Å²) >= 11 is 0. The number of carbonyl (C=O) groups excluding carboxylic acids is 2. The van der Waals surface area contributed by atoms with E-state index in [1.54, 1.807) is 31.2 Å². The lowest BCUT2D eigenvalue weighted by atomic mass is 10.1. The van der Waals surface area contributed by atoms with Gasteiger partial charge in [-0.15, -0.1) is 0 Å². The van der Waals surface area contributed by atoms with E-state index in [1.807, 2.05) is 36.4 Å². The van der Waals surface area contributed by atoms with E-state index >= 15 is 0 Å². The number of hydrogen-bond donors (Lipinski definition) is 2. The van der Waals surface area contributed by atoms with Crippen molar-refractivity contribution in [2.24, 2.45) is 0 Å². The first-order chi connectivity index (χ1) is 13.5. The van der Waals surface area contributed by atoms with E-state index in [4.69, 9.17) is 4.74 Å². The van der Waals surface area contributed by atoms with Crippen LogP contribution in [0.1, 0.15) is 23.0 Å². The first-order valence-electron chi connectivity index (χ1n) is 8.78. The summed E-state index contributed by atoms with van der Waals surface area (Å²) in [6.45, 7) is 3.22. The predicted molar refractivity (Wildman–Crippen MR) is 110 cm³/mol. The Balaban J connectivity index is 1.86. The van der Waals surface area contributed by atoms with Gasteiger partial charge < -0.3 is 15.4 Å². The van der Waals surface area contributed by atoms with Crippen molar-refractivity contribution in [2.45, 2.75) is 13.8 Å². The molecule has 0 aliphatic carbocycles. The number of rotatable bonds is 5. The number of anilines is 2. The third kappa shape index (κ3) is 4.35. The average molecular weight is 375 g/mol. The molecule has 0 aliphatic rings. The summed E-state index contributed by atoms with van der Waals surface area (Å²) in [6.07, 6.45) is 0. The molecule has 6 nitrogen and oxygen atoms in total. The predicted octanol–water partition coefficient (Wildman–Crippen LogP) is 4.28. The Bertz CT molecular complexity index is 1020. The highest BCUT2D eigenvalue weighted by molar-refractivity contribution is 6.06. The first-order valence-corrected chi connectivity index (χ1v) is 8.78. The standard InChI is InChI=1S/C22H21N3O3/c1-14-18(10-11-19(23-14)16-7-5-4-6-8-16)22(27)25-20-13-17(24-15(2)26)9-12-21(20)28-3/h4-13H,1-3H3,(H,24,26)(H,25,27). The van der Waals surface area contributed by atoms with Crippen molar-refractivity contribution >= 4 is 23.2 Å². The van der Waals surface area contributed by atoms with E-state index in [1.165, 1.54) is 14.0 Å². The second-order valence-electron chi connectivity index (χ2n) is 6.25. The van der Waals surface area contributed by atoms with E-state index in [-0.39, 0.29) is 11.8 Å². The number of carbonyl (C=O) groups is 2. The van der Waals surface area contributed by atoms with Crippen LogP contribution in [0.5, 0.6) is 5.75 Å². The Labute approximate surface area is 163 Å². The van der Waals surface area contributed by atoms with Crippen LogP contribution < -0.4 is 15.4 Å². The van der Waals surface area contributed by atoms with Crippen molar-refractivity contribution in [3.05, 3.63) is 71.9 Å². The van der Waals surface area contributed by atoms with Crippen molar-refractivity contribution in [3.8, 4) is 17.0 Å². The lowest BCUT2D eigenvalue weighted by Crippen LogP contribution is -2.15. The largest absolute Gasteiger partial charge is 0.495 e. The molecule has 0 saturated carbocycles. The molecule has 142 valence electrons. The molecule has 0 radical (unpaired) electrons. The highest BCUT2D eigenvalue weighted by atomic mass is 16.5. The number of methoxy groups -OCH3 is 1. The highest BCUT2D eigenvalue weighted by Gasteiger charge is 2.14. The van der Waals surface area contributed by atoms with Gasteiger partial charge in [-0.2, -0.15) is 0 Å². The van der Waals surface area contributed by atoms with Crippen molar-refractivity contribution in [3.63, 3.8) is 0 Å². The number of pyridine rings is 1. The summed E-state index contributed by atoms with van der Waals surface area (Å²) in [7, 11) is 1.52. The van der Waals surface area contributed by atoms with Crippen LogP contribution in [-0.2, 0) is 4.79 Å². The van der Waals surface area contributed by atoms with Crippen LogP contribution in [0.15, 0.2) is 60.7 Å². The summed E-state index contributed by atoms with van der Waals surface area (Å²) in [5, 5.41) is 5.52. The zero-order valence-corrected chi connectivity index (χ0v) is 15.9. The molecule has 0 fully saturated rings. The Kier molecular flexibility index (Phi) is 5.69. The number of nitrogens with one attached hydrogen (secondary N) is 2. The summed E-state index contributed by atoms with van der Waals surface area (Å²) in [5.41, 5.74) is 3.91. The van der Waals surface area contributed by atoms with Crippen LogP contribution in [0.4, 0.5) is 11.4 Å². The molecule has 3 rings (SSSR count). The highest BCUT2D eigenvalue weighted by Crippen LogP contribution is 2.29. The zero-order chi connectivity index (χ0) is 20.1. The van der Waals surface area contributed by atoms with E-state index in [2.05, 4.69) is 15.6 Å². The number of benzene rings is 2. The van der Waals surface area contributed by atoms with Gasteiger partial charge in [0.05, 0.1) is 29.7 Å². The molecule has 0 saturated heterocycles. The van der Waals surface area contributed by atoms with Crippen LogP contribution in [0.25, 0.3) is 11.3 Å². The number of nitrogens with zero attached hydrogens (tertiary/aromatic N) is 1. The lowest BCUT2D eigenvalue weighted by Gasteiger charge is -2.13. The molecule has 2 amide bonds. The van der Waals surface area contributed by atoms with Crippen LogP contribution in [0, 0.1) is 6.92 Å². The fourth-order valence-corrected chi connectivity index (χ4v) is 2.85. The van der Waals surface area contributed by atoms with Crippen LogP contribution in [-0.4, -0.2) is 23.9 Å². The molecule has 0 unspecified atom stereocenters. The fraction of sp³-hybridized carbons (Fsp3) is 0.136. The maximum atomic E-state index is 12.8. The van der Waals surface area contributed by atoms with Gasteiger partial charge >= 0.3 is 0 Å². The van der Waals surface area contributed by atoms with E-state index in [9.17, 15) is 9.59 Å². The Morgan fingerprint density at radius 2 is 1.71 bits per heavy atom. The molecular weight excluding hydrogens is 354 g/mol. The fourth-order valence-electron chi connectivity index (χ4n) is 2.85. The van der Waals surface area contributed by atoms with Crippen LogP contribution in [0.3, 0.4) is 0 Å². The van der Waals surface area contributed by atoms with Crippen molar-refractivity contribution < 1.29 is 14.3 Å². The summed E-state index contributed by atoms with van der Waals surface area (Å²) in [4.78, 5) is 28.6. The molecule has 0 spiro atoms. The summed E-state index contributed by atoms with van der Waals surface area (Å²) in [6, 6.07) is 18.4.